The van der Waals surface area contributed by atoms with Gasteiger partial charge in [0.05, 0.1) is 11.1 Å². The third-order valence-electron chi connectivity index (χ3n) is 3.42. The molecule has 0 bridgehead atoms. The second-order valence-corrected chi connectivity index (χ2v) is 5.68. The van der Waals surface area contributed by atoms with Crippen LogP contribution in [0.15, 0.2) is 59.3 Å². The maximum atomic E-state index is 12.5. The second-order valence-electron chi connectivity index (χ2n) is 4.82. The van der Waals surface area contributed by atoms with Crippen LogP contribution in [0, 0.1) is 0 Å². The van der Waals surface area contributed by atoms with Gasteiger partial charge in [0.1, 0.15) is 0 Å². The van der Waals surface area contributed by atoms with Gasteiger partial charge in [0.25, 0.3) is 5.91 Å². The number of rotatable bonds is 3. The summed E-state index contributed by atoms with van der Waals surface area (Å²) in [7, 11) is 0. The molecule has 0 saturated carbocycles. The van der Waals surface area contributed by atoms with Crippen molar-refractivity contribution in [1.29, 1.82) is 0 Å². The minimum absolute atomic E-state index is 0.0690. The van der Waals surface area contributed by atoms with E-state index in [2.05, 4.69) is 26.2 Å². The van der Waals surface area contributed by atoms with Crippen molar-refractivity contribution >= 4 is 44.3 Å². The minimum Gasteiger partial charge on any atom is -0.478 e. The number of pyridine rings is 1. The highest BCUT2D eigenvalue weighted by atomic mass is 79.9. The van der Waals surface area contributed by atoms with Crippen LogP contribution in [0.5, 0.6) is 0 Å². The highest BCUT2D eigenvalue weighted by molar-refractivity contribution is 9.10. The van der Waals surface area contributed by atoms with Crippen LogP contribution in [0.4, 0.5) is 5.69 Å². The molecule has 0 fully saturated rings. The first-order valence-corrected chi connectivity index (χ1v) is 7.53. The Bertz CT molecular complexity index is 925. The van der Waals surface area contributed by atoms with E-state index in [0.717, 1.165) is 21.4 Å². The smallest absolute Gasteiger partial charge is 0.338 e. The third kappa shape index (κ3) is 2.93. The van der Waals surface area contributed by atoms with E-state index in [9.17, 15) is 9.59 Å². The molecule has 6 heteroatoms. The first kappa shape index (κ1) is 15.2. The summed E-state index contributed by atoms with van der Waals surface area (Å²) >= 11 is 3.47. The van der Waals surface area contributed by atoms with Crippen molar-refractivity contribution in [3.05, 3.63) is 70.5 Å². The Morgan fingerprint density at radius 1 is 1.00 bits per heavy atom. The molecule has 5 nitrogen and oxygen atoms in total. The van der Waals surface area contributed by atoms with Gasteiger partial charge < -0.3 is 10.4 Å². The van der Waals surface area contributed by atoms with E-state index in [0.29, 0.717) is 5.69 Å². The average molecular weight is 371 g/mol. The zero-order valence-electron chi connectivity index (χ0n) is 11.8. The fourth-order valence-corrected chi connectivity index (χ4v) is 2.80. The molecule has 0 atom stereocenters. The van der Waals surface area contributed by atoms with Crippen molar-refractivity contribution in [2.45, 2.75) is 0 Å². The molecule has 0 unspecified atom stereocenters. The second kappa shape index (κ2) is 6.18. The summed E-state index contributed by atoms with van der Waals surface area (Å²) in [5.74, 6) is -1.68. The van der Waals surface area contributed by atoms with Crippen LogP contribution in [-0.2, 0) is 0 Å². The summed E-state index contributed by atoms with van der Waals surface area (Å²) in [6, 6.07) is 12.6. The lowest BCUT2D eigenvalue weighted by atomic mass is 10.1. The Labute approximate surface area is 140 Å². The molecular weight excluding hydrogens is 360 g/mol. The summed E-state index contributed by atoms with van der Waals surface area (Å²) in [6.45, 7) is 0. The summed E-state index contributed by atoms with van der Waals surface area (Å²) in [5.41, 5.74) is 0.549. The van der Waals surface area contributed by atoms with E-state index < -0.39 is 11.9 Å². The average Bonchev–Trinajstić information content (AvgIpc) is 2.57. The lowest BCUT2D eigenvalue weighted by Crippen LogP contribution is -2.16. The number of carboxylic acid groups (broad SMARTS) is 1. The topological polar surface area (TPSA) is 79.3 Å². The number of anilines is 1. The number of nitrogens with zero attached hydrogens (tertiary/aromatic N) is 1. The monoisotopic (exact) mass is 370 g/mol. The Hall–Kier alpha value is -2.73. The van der Waals surface area contributed by atoms with Crippen LogP contribution in [0.1, 0.15) is 20.7 Å². The highest BCUT2D eigenvalue weighted by Gasteiger charge is 2.17. The number of hydrogen-bond acceptors (Lipinski definition) is 3. The van der Waals surface area contributed by atoms with Crippen LogP contribution in [0.25, 0.3) is 10.8 Å². The van der Waals surface area contributed by atoms with Crippen LogP contribution in [0.3, 0.4) is 0 Å². The molecule has 0 aliphatic carbocycles. The van der Waals surface area contributed by atoms with Crippen molar-refractivity contribution < 1.29 is 14.7 Å². The number of carbonyl (C=O) groups excluding carboxylic acids is 1. The van der Waals surface area contributed by atoms with E-state index in [1.165, 1.54) is 12.3 Å². The van der Waals surface area contributed by atoms with Crippen molar-refractivity contribution in [2.75, 3.05) is 5.32 Å². The maximum Gasteiger partial charge on any atom is 0.338 e. The molecule has 0 aliphatic heterocycles. The number of aromatic carboxylic acids is 1. The SMILES string of the molecule is O=C(O)c1cnccc1C(=O)Nc1ccc(Br)c2ccccc12. The Morgan fingerprint density at radius 3 is 2.48 bits per heavy atom. The van der Waals surface area contributed by atoms with Gasteiger partial charge >= 0.3 is 5.97 Å². The number of amides is 1. The van der Waals surface area contributed by atoms with Crippen LogP contribution in [0.2, 0.25) is 0 Å². The van der Waals surface area contributed by atoms with Crippen LogP contribution < -0.4 is 5.32 Å². The fraction of sp³-hybridized carbons (Fsp3) is 0. The lowest BCUT2D eigenvalue weighted by molar-refractivity contribution is 0.0692. The van der Waals surface area contributed by atoms with Crippen LogP contribution in [-0.4, -0.2) is 22.0 Å². The quantitative estimate of drug-likeness (QED) is 0.731. The Morgan fingerprint density at radius 2 is 1.74 bits per heavy atom. The number of carbonyl (C=O) groups is 2. The van der Waals surface area contributed by atoms with Gasteiger partial charge in [-0.15, -0.1) is 0 Å². The molecule has 3 aromatic rings. The number of aromatic nitrogens is 1. The molecule has 1 amide bonds. The van der Waals surface area contributed by atoms with E-state index >= 15 is 0 Å². The number of hydrogen-bond donors (Lipinski definition) is 2. The molecule has 0 radical (unpaired) electrons. The highest BCUT2D eigenvalue weighted by Crippen LogP contribution is 2.30. The largest absolute Gasteiger partial charge is 0.478 e. The Balaban J connectivity index is 2.02. The molecule has 114 valence electrons. The Kier molecular flexibility index (Phi) is 4.08. The minimum atomic E-state index is -1.19. The maximum absolute atomic E-state index is 12.5. The standard InChI is InChI=1S/C17H11BrN2O3/c18-14-5-6-15(11-4-2-1-3-10(11)14)20-16(21)12-7-8-19-9-13(12)17(22)23/h1-9H,(H,20,21)(H,22,23). The zero-order valence-corrected chi connectivity index (χ0v) is 13.4. The van der Waals surface area contributed by atoms with Gasteiger partial charge in [0.15, 0.2) is 0 Å². The summed E-state index contributed by atoms with van der Waals surface area (Å²) < 4.78 is 0.918. The fourth-order valence-electron chi connectivity index (χ4n) is 2.32. The van der Waals surface area contributed by atoms with E-state index in [-0.39, 0.29) is 11.1 Å². The molecule has 3 rings (SSSR count). The predicted molar refractivity (Wildman–Crippen MR) is 90.8 cm³/mol. The van der Waals surface area contributed by atoms with Gasteiger partial charge in [-0.1, -0.05) is 40.2 Å². The van der Waals surface area contributed by atoms with Gasteiger partial charge in [-0.05, 0) is 23.6 Å². The summed E-state index contributed by atoms with van der Waals surface area (Å²) in [6.07, 6.45) is 2.55. The number of carboxylic acids is 1. The predicted octanol–water partition coefficient (Wildman–Crippen LogP) is 3.95. The molecule has 1 aromatic heterocycles. The number of nitrogens with one attached hydrogen (secondary N) is 1. The van der Waals surface area contributed by atoms with Crippen molar-refractivity contribution in [2.24, 2.45) is 0 Å². The van der Waals surface area contributed by atoms with E-state index in [1.807, 2.05) is 30.3 Å². The molecular formula is C17H11BrN2O3. The molecule has 0 spiro atoms. The number of halogens is 1. The number of benzene rings is 2. The number of fused-ring (bicyclic) bond motifs is 1. The van der Waals surface area contributed by atoms with Crippen LogP contribution >= 0.6 is 15.9 Å². The molecule has 0 saturated heterocycles. The van der Waals surface area contributed by atoms with Crippen molar-refractivity contribution in [1.82, 2.24) is 4.98 Å². The molecule has 2 aromatic carbocycles. The van der Waals surface area contributed by atoms with Gasteiger partial charge in [0, 0.05) is 27.9 Å². The van der Waals surface area contributed by atoms with Crippen molar-refractivity contribution in [3.63, 3.8) is 0 Å². The molecule has 2 N–H and O–H groups in total. The molecule has 23 heavy (non-hydrogen) atoms. The summed E-state index contributed by atoms with van der Waals surface area (Å²) in [4.78, 5) is 27.4. The van der Waals surface area contributed by atoms with Gasteiger partial charge in [-0.3, -0.25) is 9.78 Å². The van der Waals surface area contributed by atoms with Gasteiger partial charge in [-0.2, -0.15) is 0 Å². The summed E-state index contributed by atoms with van der Waals surface area (Å²) in [5, 5.41) is 13.8. The van der Waals surface area contributed by atoms with E-state index in [4.69, 9.17) is 5.11 Å². The molecule has 0 aliphatic rings. The van der Waals surface area contributed by atoms with Gasteiger partial charge in [-0.25, -0.2) is 4.79 Å². The lowest BCUT2D eigenvalue weighted by Gasteiger charge is -2.11. The zero-order chi connectivity index (χ0) is 16.4. The van der Waals surface area contributed by atoms with E-state index in [1.54, 1.807) is 6.07 Å². The first-order chi connectivity index (χ1) is 11.1. The third-order valence-corrected chi connectivity index (χ3v) is 4.11. The first-order valence-electron chi connectivity index (χ1n) is 6.74. The van der Waals surface area contributed by atoms with Gasteiger partial charge in [0.2, 0.25) is 0 Å². The molecule has 1 heterocycles. The van der Waals surface area contributed by atoms with Crippen molar-refractivity contribution in [3.8, 4) is 0 Å². The normalized spacial score (nSPS) is 10.5.